The van der Waals surface area contributed by atoms with Crippen LogP contribution in [0.2, 0.25) is 0 Å². The number of furan rings is 1. The van der Waals surface area contributed by atoms with Gasteiger partial charge in [0.15, 0.2) is 5.78 Å². The smallest absolute Gasteiger partial charge is 0.243 e. The first-order valence-electron chi connectivity index (χ1n) is 9.80. The molecule has 1 aliphatic rings. The molecular weight excluding hydrogens is 398 g/mol. The molecule has 0 radical (unpaired) electrons. The first-order chi connectivity index (χ1) is 14.4. The minimum absolute atomic E-state index is 0.0868. The van der Waals surface area contributed by atoms with Gasteiger partial charge in [-0.3, -0.25) is 4.79 Å². The molecule has 1 atom stereocenters. The maximum absolute atomic E-state index is 13.3. The van der Waals surface area contributed by atoms with Gasteiger partial charge in [0.2, 0.25) is 10.0 Å². The van der Waals surface area contributed by atoms with Gasteiger partial charge in [-0.2, -0.15) is 4.31 Å². The molecule has 1 aliphatic heterocycles. The molecule has 0 saturated carbocycles. The molecule has 0 aliphatic carbocycles. The third-order valence-corrected chi connectivity index (χ3v) is 7.30. The Kier molecular flexibility index (Phi) is 5.45. The quantitative estimate of drug-likeness (QED) is 0.447. The molecule has 2 heterocycles. The van der Waals surface area contributed by atoms with Gasteiger partial charge in [-0.25, -0.2) is 8.42 Å². The zero-order chi connectivity index (χ0) is 21.3. The van der Waals surface area contributed by atoms with Crippen LogP contribution in [0.5, 0.6) is 0 Å². The molecular formula is C24H23NO4S. The van der Waals surface area contributed by atoms with E-state index in [0.717, 1.165) is 16.7 Å². The minimum atomic E-state index is -3.65. The van der Waals surface area contributed by atoms with Crippen LogP contribution in [0.15, 0.2) is 88.1 Å². The Balaban J connectivity index is 1.77. The van der Waals surface area contributed by atoms with Crippen molar-refractivity contribution in [2.45, 2.75) is 18.7 Å². The van der Waals surface area contributed by atoms with Crippen molar-refractivity contribution in [3.8, 4) is 0 Å². The second-order valence-corrected chi connectivity index (χ2v) is 9.56. The van der Waals surface area contributed by atoms with E-state index in [4.69, 9.17) is 4.42 Å². The van der Waals surface area contributed by atoms with Crippen molar-refractivity contribution in [1.29, 1.82) is 0 Å². The summed E-state index contributed by atoms with van der Waals surface area (Å²) in [5, 5.41) is 0. The SMILES string of the molecule is Cc1ccc(S(=O)(=O)N2C/C(=C(/C(=O)c3ccoc3)c3ccccc3)[C@H](C)C2)cc1. The normalized spacial score (nSPS) is 19.1. The molecule has 154 valence electrons. The third-order valence-electron chi connectivity index (χ3n) is 5.47. The monoisotopic (exact) mass is 421 g/mol. The van der Waals surface area contributed by atoms with Crippen LogP contribution in [0.4, 0.5) is 0 Å². The number of carbonyl (C=O) groups is 1. The van der Waals surface area contributed by atoms with Crippen LogP contribution in [0.25, 0.3) is 5.57 Å². The maximum atomic E-state index is 13.3. The number of carbonyl (C=O) groups excluding carboxylic acids is 1. The molecule has 1 fully saturated rings. The number of rotatable bonds is 5. The van der Waals surface area contributed by atoms with E-state index in [1.54, 1.807) is 30.3 Å². The summed E-state index contributed by atoms with van der Waals surface area (Å²) < 4.78 is 33.0. The van der Waals surface area contributed by atoms with E-state index in [9.17, 15) is 13.2 Å². The molecule has 0 N–H and O–H groups in total. The fraction of sp³-hybridized carbons (Fsp3) is 0.208. The van der Waals surface area contributed by atoms with E-state index in [0.29, 0.717) is 17.7 Å². The highest BCUT2D eigenvalue weighted by Gasteiger charge is 2.36. The Bertz CT molecular complexity index is 1180. The molecule has 4 rings (SSSR count). The van der Waals surface area contributed by atoms with E-state index in [1.807, 2.05) is 44.2 Å². The fourth-order valence-corrected chi connectivity index (χ4v) is 5.31. The number of ketones is 1. The van der Waals surface area contributed by atoms with Crippen molar-refractivity contribution >= 4 is 21.4 Å². The number of benzene rings is 2. The van der Waals surface area contributed by atoms with Crippen LogP contribution in [0, 0.1) is 12.8 Å². The number of nitrogens with zero attached hydrogens (tertiary/aromatic N) is 1. The van der Waals surface area contributed by atoms with E-state index in [-0.39, 0.29) is 23.1 Å². The molecule has 2 aromatic carbocycles. The van der Waals surface area contributed by atoms with Crippen molar-refractivity contribution in [2.24, 2.45) is 5.92 Å². The number of hydrogen-bond acceptors (Lipinski definition) is 4. The fourth-order valence-electron chi connectivity index (χ4n) is 3.80. The molecule has 0 amide bonds. The first kappa shape index (κ1) is 20.3. The maximum Gasteiger partial charge on any atom is 0.243 e. The largest absolute Gasteiger partial charge is 0.472 e. The molecule has 30 heavy (non-hydrogen) atoms. The standard InChI is InChI=1S/C24H23NO4S/c1-17-8-10-21(11-9-17)30(27,28)25-14-18(2)22(15-25)23(19-6-4-3-5-7-19)24(26)20-12-13-29-16-20/h3-13,16,18H,14-15H2,1-2H3/b23-22-/t18-/m1/s1. The summed E-state index contributed by atoms with van der Waals surface area (Å²) in [5.74, 6) is -0.248. The summed E-state index contributed by atoms with van der Waals surface area (Å²) in [6, 6.07) is 17.9. The van der Waals surface area contributed by atoms with Gasteiger partial charge < -0.3 is 4.42 Å². The third kappa shape index (κ3) is 3.76. The molecule has 0 unspecified atom stereocenters. The average molecular weight is 422 g/mol. The lowest BCUT2D eigenvalue weighted by Gasteiger charge is -2.16. The van der Waals surface area contributed by atoms with E-state index in [2.05, 4.69) is 0 Å². The highest BCUT2D eigenvalue weighted by Crippen LogP contribution is 2.35. The van der Waals surface area contributed by atoms with Crippen LogP contribution >= 0.6 is 0 Å². The lowest BCUT2D eigenvalue weighted by atomic mass is 9.89. The zero-order valence-electron chi connectivity index (χ0n) is 16.9. The first-order valence-corrected chi connectivity index (χ1v) is 11.2. The Morgan fingerprint density at radius 1 is 1.00 bits per heavy atom. The van der Waals surface area contributed by atoms with Crippen molar-refractivity contribution in [2.75, 3.05) is 13.1 Å². The van der Waals surface area contributed by atoms with Crippen LogP contribution < -0.4 is 0 Å². The van der Waals surface area contributed by atoms with Gasteiger partial charge in [-0.15, -0.1) is 0 Å². The van der Waals surface area contributed by atoms with Crippen molar-refractivity contribution in [3.05, 3.63) is 95.5 Å². The number of aryl methyl sites for hydroxylation is 1. The minimum Gasteiger partial charge on any atom is -0.472 e. The van der Waals surface area contributed by atoms with Gasteiger partial charge in [-0.1, -0.05) is 55.0 Å². The Morgan fingerprint density at radius 3 is 2.33 bits per heavy atom. The molecule has 6 heteroatoms. The van der Waals surface area contributed by atoms with Gasteiger partial charge in [-0.05, 0) is 42.2 Å². The summed E-state index contributed by atoms with van der Waals surface area (Å²) in [4.78, 5) is 13.6. The van der Waals surface area contributed by atoms with E-state index >= 15 is 0 Å². The molecule has 1 saturated heterocycles. The van der Waals surface area contributed by atoms with Crippen LogP contribution in [-0.4, -0.2) is 31.6 Å². The van der Waals surface area contributed by atoms with Crippen LogP contribution in [0.3, 0.4) is 0 Å². The molecule has 0 bridgehead atoms. The second-order valence-electron chi connectivity index (χ2n) is 7.62. The lowest BCUT2D eigenvalue weighted by Crippen LogP contribution is -2.28. The summed E-state index contributed by atoms with van der Waals surface area (Å²) in [5.41, 5.74) is 3.60. The van der Waals surface area contributed by atoms with Gasteiger partial charge >= 0.3 is 0 Å². The summed E-state index contributed by atoms with van der Waals surface area (Å²) in [6.45, 7) is 4.40. The van der Waals surface area contributed by atoms with Crippen molar-refractivity contribution in [1.82, 2.24) is 4.31 Å². The molecule has 5 nitrogen and oxygen atoms in total. The predicted molar refractivity (Wildman–Crippen MR) is 116 cm³/mol. The van der Waals surface area contributed by atoms with Gasteiger partial charge in [0, 0.05) is 18.7 Å². The Hall–Kier alpha value is -2.96. The molecule has 3 aromatic rings. The number of Topliss-reactive ketones (excluding diaryl/α,β-unsaturated/α-hetero) is 1. The van der Waals surface area contributed by atoms with Crippen LogP contribution in [-0.2, 0) is 10.0 Å². The van der Waals surface area contributed by atoms with Gasteiger partial charge in [0.25, 0.3) is 0 Å². The van der Waals surface area contributed by atoms with E-state index in [1.165, 1.54) is 16.8 Å². The predicted octanol–water partition coefficient (Wildman–Crippen LogP) is 4.57. The van der Waals surface area contributed by atoms with Gasteiger partial charge in [0.05, 0.1) is 16.7 Å². The van der Waals surface area contributed by atoms with Crippen molar-refractivity contribution in [3.63, 3.8) is 0 Å². The Labute approximate surface area is 176 Å². The van der Waals surface area contributed by atoms with E-state index < -0.39 is 10.0 Å². The molecule has 1 aromatic heterocycles. The van der Waals surface area contributed by atoms with Crippen LogP contribution in [0.1, 0.15) is 28.4 Å². The number of sulfonamides is 1. The summed E-state index contributed by atoms with van der Waals surface area (Å²) in [7, 11) is -3.65. The molecule has 0 spiro atoms. The topological polar surface area (TPSA) is 67.6 Å². The summed E-state index contributed by atoms with van der Waals surface area (Å²) >= 11 is 0. The Morgan fingerprint density at radius 2 is 1.70 bits per heavy atom. The lowest BCUT2D eigenvalue weighted by molar-refractivity contribution is 0.105. The zero-order valence-corrected chi connectivity index (χ0v) is 17.7. The highest BCUT2D eigenvalue weighted by molar-refractivity contribution is 7.89. The average Bonchev–Trinajstić information content (AvgIpc) is 3.40. The number of allylic oxidation sites excluding steroid dienone is 1. The van der Waals surface area contributed by atoms with Crippen molar-refractivity contribution < 1.29 is 17.6 Å². The number of hydrogen-bond donors (Lipinski definition) is 0. The highest BCUT2D eigenvalue weighted by atomic mass is 32.2. The summed E-state index contributed by atoms with van der Waals surface area (Å²) in [6.07, 6.45) is 2.89. The van der Waals surface area contributed by atoms with Gasteiger partial charge in [0.1, 0.15) is 6.26 Å². The second kappa shape index (κ2) is 8.05.